The predicted molar refractivity (Wildman–Crippen MR) is 119 cm³/mol. The van der Waals surface area contributed by atoms with E-state index in [0.717, 1.165) is 19.3 Å². The molecule has 0 spiro atoms. The fourth-order valence-corrected chi connectivity index (χ4v) is 2.98. The molecule has 8 heteroatoms. The summed E-state index contributed by atoms with van der Waals surface area (Å²) in [5, 5.41) is -4.17. The summed E-state index contributed by atoms with van der Waals surface area (Å²) in [6.45, 7) is 2.17. The van der Waals surface area contributed by atoms with Crippen molar-refractivity contribution in [1.82, 2.24) is 0 Å². The molecule has 0 saturated carbocycles. The molecule has 0 aliphatic rings. The van der Waals surface area contributed by atoms with Crippen LogP contribution in [0.3, 0.4) is 0 Å². The zero-order valence-corrected chi connectivity index (χ0v) is 19.2. The minimum atomic E-state index is -5.17. The van der Waals surface area contributed by atoms with Crippen LogP contribution in [0, 0.1) is 5.92 Å². The van der Waals surface area contributed by atoms with Crippen LogP contribution >= 0.6 is 23.2 Å². The number of allylic oxidation sites excluding steroid dienone is 8. The minimum Gasteiger partial charge on any atom is -0.281 e. The van der Waals surface area contributed by atoms with Crippen molar-refractivity contribution in [3.05, 3.63) is 48.6 Å². The Hall–Kier alpha value is -1.40. The van der Waals surface area contributed by atoms with Crippen molar-refractivity contribution < 1.29 is 27.2 Å². The molecule has 0 aliphatic heterocycles. The normalized spacial score (nSPS) is 14.4. The van der Waals surface area contributed by atoms with Crippen molar-refractivity contribution >= 4 is 33.7 Å². The Labute approximate surface area is 192 Å². The lowest BCUT2D eigenvalue weighted by Crippen LogP contribution is -2.51. The first-order valence-electron chi connectivity index (χ1n) is 10.3. The van der Waals surface area contributed by atoms with Gasteiger partial charge < -0.3 is 0 Å². The molecule has 1 atom stereocenters. The molecular formula is C23H30Cl2F4O2. The van der Waals surface area contributed by atoms with Crippen LogP contribution in [0.5, 0.6) is 0 Å². The number of rotatable bonds is 17. The van der Waals surface area contributed by atoms with Crippen molar-refractivity contribution in [3.8, 4) is 0 Å². The van der Waals surface area contributed by atoms with Gasteiger partial charge in [-0.25, -0.2) is 0 Å². The van der Waals surface area contributed by atoms with Gasteiger partial charge in [-0.1, -0.05) is 68.4 Å². The summed E-state index contributed by atoms with van der Waals surface area (Å²) in [6, 6.07) is 0. The first-order valence-corrected chi connectivity index (χ1v) is 11.1. The molecule has 0 N–H and O–H groups in total. The Morgan fingerprint density at radius 3 is 1.65 bits per heavy atom. The van der Waals surface area contributed by atoms with Crippen molar-refractivity contribution in [1.29, 1.82) is 0 Å². The molecule has 0 heterocycles. The van der Waals surface area contributed by atoms with Crippen molar-refractivity contribution in [3.63, 3.8) is 0 Å². The summed E-state index contributed by atoms with van der Waals surface area (Å²) in [7, 11) is 0. The molecule has 176 valence electrons. The Kier molecular flexibility index (Phi) is 15.5. The molecule has 0 saturated heterocycles. The zero-order chi connectivity index (χ0) is 23.8. The van der Waals surface area contributed by atoms with E-state index in [-0.39, 0.29) is 6.42 Å². The van der Waals surface area contributed by atoms with Crippen molar-refractivity contribution in [2.24, 2.45) is 5.92 Å². The van der Waals surface area contributed by atoms with Gasteiger partial charge in [0.05, 0.1) is 0 Å². The molecule has 0 amide bonds. The number of unbranched alkanes of at least 4 members (excludes halogenated alkanes) is 3. The number of alkyl halides is 4. The fourth-order valence-electron chi connectivity index (χ4n) is 2.61. The monoisotopic (exact) mass is 484 g/mol. The van der Waals surface area contributed by atoms with Gasteiger partial charge in [-0.15, -0.1) is 0 Å². The lowest BCUT2D eigenvalue weighted by Gasteiger charge is -2.28. The van der Waals surface area contributed by atoms with Gasteiger partial charge in [-0.3, -0.25) is 9.59 Å². The second kappa shape index (κ2) is 16.3. The standard InChI is InChI=1S/C23H30Cl2F4O2/c1-2-3-4-5-6-7-8-9-10-11-12-13-14-15-16-17-18-19(20(24)30)22(26,27)23(28,29)21(25)31/h6-7,9-10,12-13,15-16,19H,2-5,8,11,14,17-18H2,1H3. The third-order valence-corrected chi connectivity index (χ3v) is 4.96. The molecule has 31 heavy (non-hydrogen) atoms. The third-order valence-electron chi connectivity index (χ3n) is 4.46. The van der Waals surface area contributed by atoms with E-state index in [9.17, 15) is 27.2 Å². The van der Waals surface area contributed by atoms with E-state index in [2.05, 4.69) is 36.8 Å². The highest BCUT2D eigenvalue weighted by atomic mass is 35.5. The molecule has 0 radical (unpaired) electrons. The molecule has 0 rings (SSSR count). The number of hydrogen-bond acceptors (Lipinski definition) is 2. The van der Waals surface area contributed by atoms with Gasteiger partial charge in [0.15, 0.2) is 0 Å². The average molecular weight is 485 g/mol. The predicted octanol–water partition coefficient (Wildman–Crippen LogP) is 8.16. The van der Waals surface area contributed by atoms with Gasteiger partial charge in [-0.05, 0) is 68.1 Å². The van der Waals surface area contributed by atoms with E-state index in [1.54, 1.807) is 6.08 Å². The third kappa shape index (κ3) is 11.7. The van der Waals surface area contributed by atoms with Crippen LogP contribution in [-0.2, 0) is 9.59 Å². The summed E-state index contributed by atoms with van der Waals surface area (Å²) in [5.74, 6) is -12.7. The maximum atomic E-state index is 13.9. The highest BCUT2D eigenvalue weighted by molar-refractivity contribution is 6.66. The van der Waals surface area contributed by atoms with E-state index in [4.69, 9.17) is 11.6 Å². The number of halogens is 6. The minimum absolute atomic E-state index is 0.0798. The Morgan fingerprint density at radius 2 is 1.23 bits per heavy atom. The molecule has 0 aromatic heterocycles. The summed E-state index contributed by atoms with van der Waals surface area (Å²) >= 11 is 9.61. The molecule has 0 aromatic rings. The van der Waals surface area contributed by atoms with Crippen LogP contribution in [0.1, 0.15) is 64.7 Å². The molecule has 0 fully saturated rings. The van der Waals surface area contributed by atoms with Crippen LogP contribution in [0.25, 0.3) is 0 Å². The molecule has 0 bridgehead atoms. The van der Waals surface area contributed by atoms with Gasteiger partial charge in [-0.2, -0.15) is 17.6 Å². The Morgan fingerprint density at radius 1 is 0.774 bits per heavy atom. The van der Waals surface area contributed by atoms with Gasteiger partial charge in [0.1, 0.15) is 5.92 Å². The lowest BCUT2D eigenvalue weighted by molar-refractivity contribution is -0.221. The lowest BCUT2D eigenvalue weighted by atomic mass is 9.92. The van der Waals surface area contributed by atoms with E-state index in [1.807, 2.05) is 18.2 Å². The quantitative estimate of drug-likeness (QED) is 0.0902. The maximum Gasteiger partial charge on any atom is 0.382 e. The smallest absolute Gasteiger partial charge is 0.281 e. The summed E-state index contributed by atoms with van der Waals surface area (Å²) in [4.78, 5) is 21.8. The SMILES string of the molecule is CCCCCC=CCC=CCC=CCC=CCCC(C(=O)Cl)C(F)(F)C(F)(F)C(=O)Cl. The van der Waals surface area contributed by atoms with Crippen LogP contribution in [0.15, 0.2) is 48.6 Å². The second-order valence-corrected chi connectivity index (χ2v) is 7.71. The number of carbonyl (C=O) groups excluding carboxylic acids is 2. The van der Waals surface area contributed by atoms with Gasteiger partial charge >= 0.3 is 11.8 Å². The molecular weight excluding hydrogens is 455 g/mol. The topological polar surface area (TPSA) is 34.1 Å². The molecule has 2 nitrogen and oxygen atoms in total. The van der Waals surface area contributed by atoms with E-state index in [1.165, 1.54) is 25.3 Å². The van der Waals surface area contributed by atoms with Crippen LogP contribution in [0.4, 0.5) is 17.6 Å². The average Bonchev–Trinajstić information content (AvgIpc) is 2.69. The maximum absolute atomic E-state index is 13.9. The van der Waals surface area contributed by atoms with Crippen molar-refractivity contribution in [2.45, 2.75) is 76.6 Å². The summed E-state index contributed by atoms with van der Waals surface area (Å²) < 4.78 is 54.4. The second-order valence-electron chi connectivity index (χ2n) is 6.99. The molecule has 0 aromatic carbocycles. The Balaban J connectivity index is 4.25. The van der Waals surface area contributed by atoms with E-state index >= 15 is 0 Å². The van der Waals surface area contributed by atoms with Crippen molar-refractivity contribution in [2.75, 3.05) is 0 Å². The van der Waals surface area contributed by atoms with Crippen LogP contribution < -0.4 is 0 Å². The summed E-state index contributed by atoms with van der Waals surface area (Å²) in [6.07, 6.45) is 21.7. The van der Waals surface area contributed by atoms with E-state index in [0.29, 0.717) is 6.42 Å². The highest BCUT2D eigenvalue weighted by Gasteiger charge is 2.66. The van der Waals surface area contributed by atoms with E-state index < -0.39 is 34.7 Å². The molecule has 0 aliphatic carbocycles. The largest absolute Gasteiger partial charge is 0.382 e. The van der Waals surface area contributed by atoms with Crippen LogP contribution in [0.2, 0.25) is 0 Å². The van der Waals surface area contributed by atoms with Gasteiger partial charge in [0.25, 0.3) is 5.24 Å². The summed E-state index contributed by atoms with van der Waals surface area (Å²) in [5.41, 5.74) is 0. The van der Waals surface area contributed by atoms with Crippen LogP contribution in [-0.4, -0.2) is 22.3 Å². The first-order chi connectivity index (χ1) is 14.6. The number of carbonyl (C=O) groups is 2. The zero-order valence-electron chi connectivity index (χ0n) is 17.6. The number of hydrogen-bond donors (Lipinski definition) is 0. The van der Waals surface area contributed by atoms with Gasteiger partial charge in [0.2, 0.25) is 5.24 Å². The first kappa shape index (κ1) is 29.6. The highest BCUT2D eigenvalue weighted by Crippen LogP contribution is 2.44. The molecule has 1 unspecified atom stereocenters. The van der Waals surface area contributed by atoms with Gasteiger partial charge in [0, 0.05) is 0 Å². The fraction of sp³-hybridized carbons (Fsp3) is 0.565. The Bertz CT molecular complexity index is 656.